The van der Waals surface area contributed by atoms with E-state index in [1.165, 1.54) is 12.8 Å². The van der Waals surface area contributed by atoms with Crippen molar-refractivity contribution in [3.05, 3.63) is 29.8 Å². The Morgan fingerprint density at radius 2 is 2.00 bits per heavy atom. The zero-order valence-electron chi connectivity index (χ0n) is 10.5. The van der Waals surface area contributed by atoms with Gasteiger partial charge in [0.25, 0.3) is 0 Å². The van der Waals surface area contributed by atoms with Gasteiger partial charge in [-0.05, 0) is 43.0 Å². The SMILES string of the molecule is CN(C)c1ccc(C(C#N)NCC2CC2)cc1. The Morgan fingerprint density at radius 1 is 1.35 bits per heavy atom. The molecule has 1 unspecified atom stereocenters. The van der Waals surface area contributed by atoms with Gasteiger partial charge in [0, 0.05) is 19.8 Å². The molecule has 0 radical (unpaired) electrons. The topological polar surface area (TPSA) is 39.1 Å². The molecule has 0 aromatic heterocycles. The fourth-order valence-electron chi connectivity index (χ4n) is 1.81. The van der Waals surface area contributed by atoms with Gasteiger partial charge in [0.05, 0.1) is 6.07 Å². The van der Waals surface area contributed by atoms with Crippen LogP contribution in [0.3, 0.4) is 0 Å². The van der Waals surface area contributed by atoms with E-state index in [2.05, 4.69) is 28.4 Å². The van der Waals surface area contributed by atoms with Crippen molar-refractivity contribution in [3.8, 4) is 6.07 Å². The first-order valence-corrected chi connectivity index (χ1v) is 6.11. The minimum absolute atomic E-state index is 0.174. The number of hydrogen-bond donors (Lipinski definition) is 1. The Hall–Kier alpha value is -1.53. The van der Waals surface area contributed by atoms with Crippen molar-refractivity contribution < 1.29 is 0 Å². The van der Waals surface area contributed by atoms with Crippen molar-refractivity contribution in [1.82, 2.24) is 5.32 Å². The van der Waals surface area contributed by atoms with Crippen LogP contribution in [0.5, 0.6) is 0 Å². The first-order chi connectivity index (χ1) is 8.20. The van der Waals surface area contributed by atoms with Gasteiger partial charge in [-0.1, -0.05) is 12.1 Å². The smallest absolute Gasteiger partial charge is 0.121 e. The minimum atomic E-state index is -0.174. The summed E-state index contributed by atoms with van der Waals surface area (Å²) in [5.41, 5.74) is 2.21. The first-order valence-electron chi connectivity index (χ1n) is 6.11. The lowest BCUT2D eigenvalue weighted by Crippen LogP contribution is -2.22. The van der Waals surface area contributed by atoms with E-state index in [0.717, 1.165) is 23.7 Å². The molecule has 0 amide bonds. The maximum atomic E-state index is 9.17. The molecule has 2 rings (SSSR count). The molecule has 1 aliphatic rings. The van der Waals surface area contributed by atoms with Crippen LogP contribution in [-0.2, 0) is 0 Å². The Bertz CT molecular complexity index is 398. The first kappa shape index (κ1) is 11.9. The van der Waals surface area contributed by atoms with Crippen LogP contribution in [0.1, 0.15) is 24.4 Å². The molecule has 1 aliphatic carbocycles. The highest BCUT2D eigenvalue weighted by molar-refractivity contribution is 5.47. The number of benzene rings is 1. The van der Waals surface area contributed by atoms with Gasteiger partial charge in [-0.3, -0.25) is 5.32 Å². The van der Waals surface area contributed by atoms with Crippen LogP contribution in [0.15, 0.2) is 24.3 Å². The third kappa shape index (κ3) is 3.21. The Morgan fingerprint density at radius 3 is 2.47 bits per heavy atom. The van der Waals surface area contributed by atoms with Crippen molar-refractivity contribution in [1.29, 1.82) is 5.26 Å². The van der Waals surface area contributed by atoms with Crippen LogP contribution in [-0.4, -0.2) is 20.6 Å². The second-order valence-electron chi connectivity index (χ2n) is 4.90. The predicted molar refractivity (Wildman–Crippen MR) is 69.8 cm³/mol. The van der Waals surface area contributed by atoms with Crippen molar-refractivity contribution in [2.75, 3.05) is 25.5 Å². The molecule has 0 heterocycles. The fourth-order valence-corrected chi connectivity index (χ4v) is 1.81. The highest BCUT2D eigenvalue weighted by Crippen LogP contribution is 2.28. The van der Waals surface area contributed by atoms with Crippen molar-refractivity contribution in [2.45, 2.75) is 18.9 Å². The quantitative estimate of drug-likeness (QED) is 0.842. The van der Waals surface area contributed by atoms with Gasteiger partial charge in [-0.2, -0.15) is 5.26 Å². The van der Waals surface area contributed by atoms with E-state index in [4.69, 9.17) is 5.26 Å². The normalized spacial score (nSPS) is 16.3. The van der Waals surface area contributed by atoms with Crippen LogP contribution in [0.4, 0.5) is 5.69 Å². The summed E-state index contributed by atoms with van der Waals surface area (Å²) in [5.74, 6) is 0.798. The lowest BCUT2D eigenvalue weighted by atomic mass is 10.1. The predicted octanol–water partition coefficient (Wildman–Crippen LogP) is 2.32. The van der Waals surface area contributed by atoms with Gasteiger partial charge < -0.3 is 4.90 Å². The molecule has 0 bridgehead atoms. The highest BCUT2D eigenvalue weighted by atomic mass is 15.1. The van der Waals surface area contributed by atoms with Gasteiger partial charge >= 0.3 is 0 Å². The molecule has 1 aromatic carbocycles. The zero-order chi connectivity index (χ0) is 12.3. The third-order valence-electron chi connectivity index (χ3n) is 3.18. The van der Waals surface area contributed by atoms with Crippen LogP contribution in [0.25, 0.3) is 0 Å². The van der Waals surface area contributed by atoms with E-state index >= 15 is 0 Å². The Balaban J connectivity index is 2.00. The average Bonchev–Trinajstić information content (AvgIpc) is 3.14. The number of anilines is 1. The van der Waals surface area contributed by atoms with Crippen molar-refractivity contribution in [3.63, 3.8) is 0 Å². The Labute approximate surface area is 103 Å². The standard InChI is InChI=1S/C14H19N3/c1-17(2)13-7-5-12(6-8-13)14(9-15)16-10-11-3-4-11/h5-8,11,14,16H,3-4,10H2,1-2H3. The molecule has 17 heavy (non-hydrogen) atoms. The van der Waals surface area contributed by atoms with E-state index in [-0.39, 0.29) is 6.04 Å². The van der Waals surface area contributed by atoms with Crippen LogP contribution in [0, 0.1) is 17.2 Å². The average molecular weight is 229 g/mol. The molecule has 1 aromatic rings. The van der Waals surface area contributed by atoms with E-state index < -0.39 is 0 Å². The van der Waals surface area contributed by atoms with E-state index in [0.29, 0.717) is 0 Å². The molecular formula is C14H19N3. The molecule has 1 saturated carbocycles. The molecule has 0 saturated heterocycles. The van der Waals surface area contributed by atoms with E-state index in [9.17, 15) is 0 Å². The highest BCUT2D eigenvalue weighted by Gasteiger charge is 2.22. The summed E-state index contributed by atoms with van der Waals surface area (Å²) in [6, 6.07) is 10.3. The number of nitriles is 1. The molecule has 0 spiro atoms. The number of rotatable bonds is 5. The molecule has 1 N–H and O–H groups in total. The van der Waals surface area contributed by atoms with E-state index in [1.807, 2.05) is 26.2 Å². The van der Waals surface area contributed by atoms with E-state index in [1.54, 1.807) is 0 Å². The van der Waals surface area contributed by atoms with Crippen LogP contribution >= 0.6 is 0 Å². The summed E-state index contributed by atoms with van der Waals surface area (Å²) in [5, 5.41) is 12.5. The summed E-state index contributed by atoms with van der Waals surface area (Å²) < 4.78 is 0. The molecule has 3 nitrogen and oxygen atoms in total. The summed E-state index contributed by atoms with van der Waals surface area (Å²) in [6.45, 7) is 0.966. The van der Waals surface area contributed by atoms with Crippen LogP contribution < -0.4 is 10.2 Å². The fraction of sp³-hybridized carbons (Fsp3) is 0.500. The number of nitrogens with zero attached hydrogens (tertiary/aromatic N) is 2. The van der Waals surface area contributed by atoms with Crippen molar-refractivity contribution >= 4 is 5.69 Å². The third-order valence-corrected chi connectivity index (χ3v) is 3.18. The maximum absolute atomic E-state index is 9.17. The summed E-state index contributed by atoms with van der Waals surface area (Å²) in [4.78, 5) is 2.06. The summed E-state index contributed by atoms with van der Waals surface area (Å²) >= 11 is 0. The monoisotopic (exact) mass is 229 g/mol. The molecule has 3 heteroatoms. The molecule has 1 atom stereocenters. The lowest BCUT2D eigenvalue weighted by molar-refractivity contribution is 0.593. The van der Waals surface area contributed by atoms with Crippen LogP contribution in [0.2, 0.25) is 0 Å². The van der Waals surface area contributed by atoms with Gasteiger partial charge in [0.2, 0.25) is 0 Å². The molecular weight excluding hydrogens is 210 g/mol. The van der Waals surface area contributed by atoms with Gasteiger partial charge in [0.15, 0.2) is 0 Å². The summed E-state index contributed by atoms with van der Waals surface area (Å²) in [6.07, 6.45) is 2.62. The minimum Gasteiger partial charge on any atom is -0.378 e. The Kier molecular flexibility index (Phi) is 3.65. The lowest BCUT2D eigenvalue weighted by Gasteiger charge is -2.15. The number of nitrogens with one attached hydrogen (secondary N) is 1. The van der Waals surface area contributed by atoms with Gasteiger partial charge in [-0.15, -0.1) is 0 Å². The van der Waals surface area contributed by atoms with Gasteiger partial charge in [-0.25, -0.2) is 0 Å². The number of hydrogen-bond acceptors (Lipinski definition) is 3. The maximum Gasteiger partial charge on any atom is 0.121 e. The second kappa shape index (κ2) is 5.20. The van der Waals surface area contributed by atoms with Crippen molar-refractivity contribution in [2.24, 2.45) is 5.92 Å². The summed E-state index contributed by atoms with van der Waals surface area (Å²) in [7, 11) is 4.03. The molecule has 1 fully saturated rings. The second-order valence-corrected chi connectivity index (χ2v) is 4.90. The largest absolute Gasteiger partial charge is 0.378 e. The van der Waals surface area contributed by atoms with Gasteiger partial charge in [0.1, 0.15) is 6.04 Å². The molecule has 0 aliphatic heterocycles. The zero-order valence-corrected chi connectivity index (χ0v) is 10.5. The molecule has 90 valence electrons.